The van der Waals surface area contributed by atoms with E-state index in [1.54, 1.807) is 6.07 Å². The molecule has 0 aromatic heterocycles. The van der Waals surface area contributed by atoms with Crippen LogP contribution in [0.2, 0.25) is 0 Å². The summed E-state index contributed by atoms with van der Waals surface area (Å²) in [5.41, 5.74) is 4.38. The molecule has 1 radical (unpaired) electrons. The molecule has 0 bridgehead atoms. The van der Waals surface area contributed by atoms with E-state index in [1.165, 1.54) is 25.4 Å². The molecule has 0 saturated heterocycles. The van der Waals surface area contributed by atoms with E-state index in [9.17, 15) is 4.39 Å². The molecule has 0 fully saturated rings. The minimum atomic E-state index is -0.420. The van der Waals surface area contributed by atoms with Crippen molar-refractivity contribution in [3.63, 3.8) is 0 Å². The van der Waals surface area contributed by atoms with Gasteiger partial charge < -0.3 is 15.6 Å². The summed E-state index contributed by atoms with van der Waals surface area (Å²) in [6.45, 7) is 7.49. The standard InChI is InChI=1S/C9H10FN2O.C2H6.Y/c1-3-11-7-4-5-8(10)9(6-7)12-13-2;1-2;/h3-6,11H,1H2,2H3;1-2H3;/q-1;;. The molecule has 1 aromatic rings. The summed E-state index contributed by atoms with van der Waals surface area (Å²) in [5.74, 6) is -0.420. The number of anilines is 1. The number of nitrogens with one attached hydrogen (secondary N) is 1. The van der Waals surface area contributed by atoms with Crippen LogP contribution in [0, 0.1) is 5.82 Å². The third kappa shape index (κ3) is 6.21. The van der Waals surface area contributed by atoms with Gasteiger partial charge in [-0.3, -0.25) is 0 Å². The molecule has 0 saturated carbocycles. The number of halogens is 1. The molecular formula is C11H16FN2OY-. The van der Waals surface area contributed by atoms with Crippen molar-refractivity contribution in [1.82, 2.24) is 0 Å². The molecule has 3 nitrogen and oxygen atoms in total. The summed E-state index contributed by atoms with van der Waals surface area (Å²) in [5, 5.41) is 2.82. The van der Waals surface area contributed by atoms with Gasteiger partial charge in [-0.15, -0.1) is 0 Å². The fraction of sp³-hybridized carbons (Fsp3) is 0.273. The molecule has 5 heteroatoms. The van der Waals surface area contributed by atoms with Gasteiger partial charge in [0.15, 0.2) is 0 Å². The molecule has 0 aliphatic carbocycles. The Kier molecular flexibility index (Phi) is 12.4. The number of benzene rings is 1. The first-order chi connectivity index (χ1) is 7.27. The van der Waals surface area contributed by atoms with Crippen molar-refractivity contribution < 1.29 is 41.9 Å². The molecule has 0 heterocycles. The van der Waals surface area contributed by atoms with Gasteiger partial charge in [-0.05, 0) is 24.4 Å². The monoisotopic (exact) mass is 300 g/mol. The zero-order valence-corrected chi connectivity index (χ0v) is 12.7. The average molecular weight is 300 g/mol. The predicted octanol–water partition coefficient (Wildman–Crippen LogP) is 3.97. The summed E-state index contributed by atoms with van der Waals surface area (Å²) in [6.07, 6.45) is 1.50. The van der Waals surface area contributed by atoms with Gasteiger partial charge in [0.1, 0.15) is 5.82 Å². The first kappa shape index (κ1) is 17.9. The molecule has 1 rings (SSSR count). The number of hydrogen-bond donors (Lipinski definition) is 1. The van der Waals surface area contributed by atoms with E-state index in [0.29, 0.717) is 5.69 Å². The van der Waals surface area contributed by atoms with E-state index in [0.717, 1.165) is 0 Å². The van der Waals surface area contributed by atoms with Crippen LogP contribution in [0.25, 0.3) is 5.48 Å². The Labute approximate surface area is 121 Å². The van der Waals surface area contributed by atoms with Crippen LogP contribution in [-0.2, 0) is 37.5 Å². The zero-order valence-electron chi connectivity index (χ0n) is 9.83. The second kappa shape index (κ2) is 11.1. The van der Waals surface area contributed by atoms with Gasteiger partial charge in [-0.25, -0.2) is 4.39 Å². The average Bonchev–Trinajstić information content (AvgIpc) is 2.27. The van der Waals surface area contributed by atoms with Crippen LogP contribution in [0.1, 0.15) is 13.8 Å². The molecule has 0 atom stereocenters. The van der Waals surface area contributed by atoms with Gasteiger partial charge in [0.25, 0.3) is 0 Å². The second-order valence-electron chi connectivity index (χ2n) is 2.29. The first-order valence-electron chi connectivity index (χ1n) is 4.69. The van der Waals surface area contributed by atoms with E-state index < -0.39 is 5.82 Å². The summed E-state index contributed by atoms with van der Waals surface area (Å²) in [4.78, 5) is 4.47. The molecule has 16 heavy (non-hydrogen) atoms. The van der Waals surface area contributed by atoms with Crippen LogP contribution in [-0.4, -0.2) is 7.11 Å². The van der Waals surface area contributed by atoms with E-state index in [2.05, 4.69) is 22.2 Å². The van der Waals surface area contributed by atoms with Gasteiger partial charge in [0.05, 0.1) is 0 Å². The van der Waals surface area contributed by atoms with Crippen LogP contribution in [0.5, 0.6) is 0 Å². The molecule has 0 aliphatic heterocycles. The quantitative estimate of drug-likeness (QED) is 0.854. The SMILES string of the molecule is C=CNc1ccc(F)c([N-]OC)c1.CC.[Y]. The van der Waals surface area contributed by atoms with Crippen LogP contribution >= 0.6 is 0 Å². The topological polar surface area (TPSA) is 35.4 Å². The van der Waals surface area contributed by atoms with Gasteiger partial charge in [0.2, 0.25) is 0 Å². The van der Waals surface area contributed by atoms with E-state index in [1.807, 2.05) is 13.8 Å². The molecule has 1 N–H and O–H groups in total. The molecule has 1 aromatic carbocycles. The Morgan fingerprint density at radius 2 is 2.06 bits per heavy atom. The Hall–Kier alpha value is -0.446. The van der Waals surface area contributed by atoms with Crippen molar-refractivity contribution in [3.05, 3.63) is 42.3 Å². The van der Waals surface area contributed by atoms with Crippen molar-refractivity contribution in [1.29, 1.82) is 0 Å². The third-order valence-corrected chi connectivity index (χ3v) is 1.40. The summed E-state index contributed by atoms with van der Waals surface area (Å²) >= 11 is 0. The maximum atomic E-state index is 13.0. The van der Waals surface area contributed by atoms with E-state index >= 15 is 0 Å². The van der Waals surface area contributed by atoms with Crippen molar-refractivity contribution in [2.75, 3.05) is 12.4 Å². The fourth-order valence-corrected chi connectivity index (χ4v) is 0.889. The van der Waals surface area contributed by atoms with Gasteiger partial charge in [-0.1, -0.05) is 26.1 Å². The summed E-state index contributed by atoms with van der Waals surface area (Å²) < 4.78 is 13.0. The minimum Gasteiger partial charge on any atom is -0.560 e. The third-order valence-electron chi connectivity index (χ3n) is 1.40. The summed E-state index contributed by atoms with van der Waals surface area (Å²) in [6, 6.07) is 4.43. The zero-order chi connectivity index (χ0) is 11.7. The van der Waals surface area contributed by atoms with Crippen LogP contribution in [0.3, 0.4) is 0 Å². The fourth-order valence-electron chi connectivity index (χ4n) is 0.889. The molecule has 0 aliphatic rings. The van der Waals surface area contributed by atoms with Crippen LogP contribution in [0.15, 0.2) is 31.0 Å². The normalized spacial score (nSPS) is 8.00. The van der Waals surface area contributed by atoms with Crippen molar-refractivity contribution in [2.24, 2.45) is 0 Å². The Balaban J connectivity index is 0. The molecule has 0 amide bonds. The van der Waals surface area contributed by atoms with Crippen molar-refractivity contribution in [3.8, 4) is 0 Å². The number of nitrogens with zero attached hydrogens (tertiary/aromatic N) is 1. The summed E-state index contributed by atoms with van der Waals surface area (Å²) in [7, 11) is 1.37. The maximum Gasteiger partial charge on any atom is 0.110 e. The van der Waals surface area contributed by atoms with Crippen LogP contribution < -0.4 is 5.32 Å². The Bertz CT molecular complexity index is 308. The molecule has 87 valence electrons. The molecule has 0 spiro atoms. The van der Waals surface area contributed by atoms with E-state index in [4.69, 9.17) is 0 Å². The molecule has 0 unspecified atom stereocenters. The first-order valence-corrected chi connectivity index (χ1v) is 4.69. The Morgan fingerprint density at radius 3 is 2.56 bits per heavy atom. The molecular weight excluding hydrogens is 284 g/mol. The van der Waals surface area contributed by atoms with E-state index in [-0.39, 0.29) is 38.4 Å². The maximum absolute atomic E-state index is 13.0. The Morgan fingerprint density at radius 1 is 1.44 bits per heavy atom. The van der Waals surface area contributed by atoms with Gasteiger partial charge in [0, 0.05) is 45.5 Å². The smallest absolute Gasteiger partial charge is 0.110 e. The number of hydrogen-bond acceptors (Lipinski definition) is 2. The van der Waals surface area contributed by atoms with Gasteiger partial charge in [-0.2, -0.15) is 0 Å². The number of rotatable bonds is 4. The second-order valence-corrected chi connectivity index (χ2v) is 2.29. The van der Waals surface area contributed by atoms with Gasteiger partial charge >= 0.3 is 0 Å². The minimum absolute atomic E-state index is 0. The predicted molar refractivity (Wildman–Crippen MR) is 61.6 cm³/mol. The van der Waals surface area contributed by atoms with Crippen molar-refractivity contribution in [2.45, 2.75) is 13.8 Å². The van der Waals surface area contributed by atoms with Crippen molar-refractivity contribution >= 4 is 11.4 Å². The van der Waals surface area contributed by atoms with Crippen LogP contribution in [0.4, 0.5) is 15.8 Å². The largest absolute Gasteiger partial charge is 0.560 e.